The zero-order valence-electron chi connectivity index (χ0n) is 7.99. The Morgan fingerprint density at radius 3 is 2.69 bits per heavy atom. The summed E-state index contributed by atoms with van der Waals surface area (Å²) in [4.78, 5) is 10.8. The maximum atomic E-state index is 10.8. The van der Waals surface area contributed by atoms with Crippen molar-refractivity contribution < 1.29 is 9.53 Å². The van der Waals surface area contributed by atoms with E-state index >= 15 is 0 Å². The number of methoxy groups -OCH3 is 1. The predicted octanol–water partition coefficient (Wildman–Crippen LogP) is 1.65. The number of unbranched alkanes of at least 4 members (excludes halogenated alkanes) is 2. The fourth-order valence-corrected chi connectivity index (χ4v) is 0.922. The molecule has 0 saturated carbocycles. The molecular formula is C9H18ClNO2. The maximum absolute atomic E-state index is 10.8. The second-order valence-electron chi connectivity index (χ2n) is 2.70. The summed E-state index contributed by atoms with van der Waals surface area (Å²) in [5, 5.41) is 0. The Morgan fingerprint density at radius 1 is 1.62 bits per heavy atom. The number of ether oxygens (including phenoxy) is 1. The molecule has 0 aromatic rings. The van der Waals surface area contributed by atoms with Gasteiger partial charge in [0.15, 0.2) is 0 Å². The van der Waals surface area contributed by atoms with E-state index in [1.807, 2.05) is 6.08 Å². The third-order valence-electron chi connectivity index (χ3n) is 1.68. The second kappa shape index (κ2) is 9.55. The molecule has 4 heteroatoms. The van der Waals surface area contributed by atoms with Crippen LogP contribution in [0, 0.1) is 0 Å². The van der Waals surface area contributed by atoms with Gasteiger partial charge in [0.25, 0.3) is 0 Å². The Hall–Kier alpha value is -0.540. The predicted molar refractivity (Wildman–Crippen MR) is 55.9 cm³/mol. The number of carbonyl (C=O) groups is 1. The van der Waals surface area contributed by atoms with Gasteiger partial charge in [0.05, 0.1) is 7.11 Å². The molecule has 13 heavy (non-hydrogen) atoms. The Labute approximate surface area is 85.7 Å². The van der Waals surface area contributed by atoms with Gasteiger partial charge in [-0.25, -0.2) is 0 Å². The van der Waals surface area contributed by atoms with Gasteiger partial charge in [-0.1, -0.05) is 12.5 Å². The highest BCUT2D eigenvalue weighted by Crippen LogP contribution is 2.03. The number of nitrogens with two attached hydrogens (primary N) is 1. The molecule has 1 atom stereocenters. The topological polar surface area (TPSA) is 52.3 Å². The minimum absolute atomic E-state index is 0. The molecule has 78 valence electrons. The van der Waals surface area contributed by atoms with Gasteiger partial charge < -0.3 is 10.5 Å². The molecule has 0 aliphatic heterocycles. The molecule has 2 N–H and O–H groups in total. The summed E-state index contributed by atoms with van der Waals surface area (Å²) < 4.78 is 4.48. The molecule has 0 saturated heterocycles. The summed E-state index contributed by atoms with van der Waals surface area (Å²) in [6.07, 6.45) is 5.52. The highest BCUT2D eigenvalue weighted by molar-refractivity contribution is 5.85. The quantitative estimate of drug-likeness (QED) is 0.410. The lowest BCUT2D eigenvalue weighted by atomic mass is 10.1. The van der Waals surface area contributed by atoms with Crippen molar-refractivity contribution in [1.29, 1.82) is 0 Å². The lowest BCUT2D eigenvalue weighted by Gasteiger charge is -2.07. The third kappa shape index (κ3) is 7.81. The van der Waals surface area contributed by atoms with E-state index in [9.17, 15) is 4.79 Å². The number of esters is 1. The maximum Gasteiger partial charge on any atom is 0.322 e. The van der Waals surface area contributed by atoms with Gasteiger partial charge >= 0.3 is 5.97 Å². The standard InChI is InChI=1S/C9H17NO2.ClH/c1-3-4-5-6-7-8(10)9(11)12-2;/h3,8H,1,4-7,10H2,2H3;1H. The Balaban J connectivity index is 0. The van der Waals surface area contributed by atoms with E-state index in [1.165, 1.54) is 7.11 Å². The van der Waals surface area contributed by atoms with Crippen LogP contribution in [0.25, 0.3) is 0 Å². The molecule has 0 aromatic carbocycles. The van der Waals surface area contributed by atoms with Crippen molar-refractivity contribution in [3.05, 3.63) is 12.7 Å². The summed E-state index contributed by atoms with van der Waals surface area (Å²) in [5.41, 5.74) is 5.51. The highest BCUT2D eigenvalue weighted by Gasteiger charge is 2.11. The van der Waals surface area contributed by atoms with Crippen molar-refractivity contribution in [2.24, 2.45) is 5.73 Å². The first kappa shape index (κ1) is 15.0. The minimum Gasteiger partial charge on any atom is -0.468 e. The van der Waals surface area contributed by atoms with Crippen LogP contribution < -0.4 is 5.73 Å². The molecular weight excluding hydrogens is 190 g/mol. The number of hydrogen-bond acceptors (Lipinski definition) is 3. The van der Waals surface area contributed by atoms with Gasteiger partial charge in [0, 0.05) is 0 Å². The minimum atomic E-state index is -0.459. The van der Waals surface area contributed by atoms with E-state index in [0.717, 1.165) is 19.3 Å². The van der Waals surface area contributed by atoms with E-state index in [1.54, 1.807) is 0 Å². The highest BCUT2D eigenvalue weighted by atomic mass is 35.5. The molecule has 0 aromatic heterocycles. The average Bonchev–Trinajstić information content (AvgIpc) is 2.10. The van der Waals surface area contributed by atoms with Crippen LogP contribution in [0.1, 0.15) is 25.7 Å². The van der Waals surface area contributed by atoms with Crippen LogP contribution in [-0.2, 0) is 9.53 Å². The first-order chi connectivity index (χ1) is 5.72. The Bertz CT molecular complexity index is 151. The van der Waals surface area contributed by atoms with Crippen molar-refractivity contribution in [1.82, 2.24) is 0 Å². The molecule has 0 rings (SSSR count). The van der Waals surface area contributed by atoms with Gasteiger partial charge in [-0.05, 0) is 19.3 Å². The number of hydrogen-bond donors (Lipinski definition) is 1. The molecule has 0 heterocycles. The van der Waals surface area contributed by atoms with E-state index in [0.29, 0.717) is 6.42 Å². The monoisotopic (exact) mass is 207 g/mol. The van der Waals surface area contributed by atoms with Gasteiger partial charge in [-0.15, -0.1) is 19.0 Å². The van der Waals surface area contributed by atoms with Crippen LogP contribution in [0.3, 0.4) is 0 Å². The average molecular weight is 208 g/mol. The molecule has 1 unspecified atom stereocenters. The molecule has 0 aliphatic rings. The summed E-state index contributed by atoms with van der Waals surface area (Å²) in [6.45, 7) is 3.61. The molecule has 0 radical (unpaired) electrons. The largest absolute Gasteiger partial charge is 0.468 e. The number of carbonyl (C=O) groups excluding carboxylic acids is 1. The second-order valence-corrected chi connectivity index (χ2v) is 2.70. The smallest absolute Gasteiger partial charge is 0.322 e. The van der Waals surface area contributed by atoms with Gasteiger partial charge in [0.1, 0.15) is 6.04 Å². The number of halogens is 1. The van der Waals surface area contributed by atoms with Crippen molar-refractivity contribution >= 4 is 18.4 Å². The van der Waals surface area contributed by atoms with Crippen LogP contribution >= 0.6 is 12.4 Å². The van der Waals surface area contributed by atoms with Crippen molar-refractivity contribution in [3.8, 4) is 0 Å². The number of allylic oxidation sites excluding steroid dienone is 1. The summed E-state index contributed by atoms with van der Waals surface area (Å²) in [6, 6.07) is -0.459. The SMILES string of the molecule is C=CCCCCC(N)C(=O)OC.Cl. The summed E-state index contributed by atoms with van der Waals surface area (Å²) in [5.74, 6) is -0.325. The molecule has 0 bridgehead atoms. The van der Waals surface area contributed by atoms with E-state index < -0.39 is 6.04 Å². The Kier molecular flexibility index (Phi) is 11.0. The fourth-order valence-electron chi connectivity index (χ4n) is 0.922. The van der Waals surface area contributed by atoms with Crippen LogP contribution in [0.2, 0.25) is 0 Å². The normalized spacial score (nSPS) is 11.2. The van der Waals surface area contributed by atoms with E-state index in [2.05, 4.69) is 11.3 Å². The van der Waals surface area contributed by atoms with Crippen LogP contribution in [0.4, 0.5) is 0 Å². The molecule has 0 amide bonds. The zero-order valence-corrected chi connectivity index (χ0v) is 8.81. The first-order valence-corrected chi connectivity index (χ1v) is 4.16. The van der Waals surface area contributed by atoms with Crippen LogP contribution in [0.5, 0.6) is 0 Å². The lowest BCUT2D eigenvalue weighted by Crippen LogP contribution is -2.31. The zero-order chi connectivity index (χ0) is 9.40. The van der Waals surface area contributed by atoms with Crippen molar-refractivity contribution in [3.63, 3.8) is 0 Å². The van der Waals surface area contributed by atoms with Gasteiger partial charge in [0.2, 0.25) is 0 Å². The third-order valence-corrected chi connectivity index (χ3v) is 1.68. The lowest BCUT2D eigenvalue weighted by molar-refractivity contribution is -0.142. The van der Waals surface area contributed by atoms with Crippen molar-refractivity contribution in [2.75, 3.05) is 7.11 Å². The van der Waals surface area contributed by atoms with E-state index in [4.69, 9.17) is 5.73 Å². The van der Waals surface area contributed by atoms with Gasteiger partial charge in [-0.3, -0.25) is 4.79 Å². The summed E-state index contributed by atoms with van der Waals surface area (Å²) >= 11 is 0. The van der Waals surface area contributed by atoms with Crippen LogP contribution in [0.15, 0.2) is 12.7 Å². The van der Waals surface area contributed by atoms with Crippen LogP contribution in [-0.4, -0.2) is 19.1 Å². The molecule has 0 fully saturated rings. The fraction of sp³-hybridized carbons (Fsp3) is 0.667. The summed E-state index contributed by atoms with van der Waals surface area (Å²) in [7, 11) is 1.35. The molecule has 3 nitrogen and oxygen atoms in total. The Morgan fingerprint density at radius 2 is 2.23 bits per heavy atom. The molecule has 0 spiro atoms. The van der Waals surface area contributed by atoms with Crippen molar-refractivity contribution in [2.45, 2.75) is 31.7 Å². The first-order valence-electron chi connectivity index (χ1n) is 4.16. The van der Waals surface area contributed by atoms with Gasteiger partial charge in [-0.2, -0.15) is 0 Å². The van der Waals surface area contributed by atoms with E-state index in [-0.39, 0.29) is 18.4 Å². The molecule has 0 aliphatic carbocycles. The number of rotatable bonds is 6.